The number of ether oxygens (including phenoxy) is 1. The summed E-state index contributed by atoms with van der Waals surface area (Å²) in [6, 6.07) is 2.57. The van der Waals surface area contributed by atoms with Gasteiger partial charge in [-0.1, -0.05) is 6.92 Å². The van der Waals surface area contributed by atoms with E-state index in [1.54, 1.807) is 6.92 Å². The Labute approximate surface area is 94.4 Å². The van der Waals surface area contributed by atoms with Crippen molar-refractivity contribution in [2.75, 3.05) is 7.11 Å². The Morgan fingerprint density at radius 1 is 1.44 bits per heavy atom. The first kappa shape index (κ1) is 13.1. The number of methoxy groups -OCH3 is 1. The Morgan fingerprint density at radius 2 is 2.06 bits per heavy atom. The third-order valence-corrected chi connectivity index (χ3v) is 3.12. The Bertz CT molecular complexity index is 364. The lowest BCUT2D eigenvalue weighted by atomic mass is 9.88. The van der Waals surface area contributed by atoms with Gasteiger partial charge in [0.15, 0.2) is 0 Å². The molecular weight excluding hydrogens is 212 g/mol. The van der Waals surface area contributed by atoms with E-state index in [-0.39, 0.29) is 5.56 Å². The molecule has 16 heavy (non-hydrogen) atoms. The molecule has 1 aromatic rings. The monoisotopic (exact) mass is 229 g/mol. The van der Waals surface area contributed by atoms with E-state index in [1.807, 2.05) is 6.92 Å². The molecule has 0 saturated heterocycles. The zero-order valence-electron chi connectivity index (χ0n) is 9.76. The highest BCUT2D eigenvalue weighted by atomic mass is 19.1. The molecule has 2 unspecified atom stereocenters. The van der Waals surface area contributed by atoms with Crippen LogP contribution >= 0.6 is 0 Å². The van der Waals surface area contributed by atoms with Crippen molar-refractivity contribution in [2.45, 2.75) is 31.9 Å². The van der Waals surface area contributed by atoms with Crippen molar-refractivity contribution in [1.82, 2.24) is 0 Å². The van der Waals surface area contributed by atoms with Crippen LogP contribution in [0.25, 0.3) is 0 Å². The van der Waals surface area contributed by atoms with Gasteiger partial charge in [-0.05, 0) is 31.5 Å². The SMILES string of the molecule is CCC(C)(OC)C(N)c1cc(F)ccc1F. The van der Waals surface area contributed by atoms with E-state index in [0.29, 0.717) is 6.42 Å². The van der Waals surface area contributed by atoms with Gasteiger partial charge in [0.25, 0.3) is 0 Å². The maximum absolute atomic E-state index is 13.5. The molecule has 1 aromatic carbocycles. The van der Waals surface area contributed by atoms with Gasteiger partial charge in [-0.25, -0.2) is 8.78 Å². The Morgan fingerprint density at radius 3 is 2.56 bits per heavy atom. The van der Waals surface area contributed by atoms with Gasteiger partial charge in [0.2, 0.25) is 0 Å². The quantitative estimate of drug-likeness (QED) is 0.861. The van der Waals surface area contributed by atoms with E-state index < -0.39 is 23.3 Å². The molecule has 2 N–H and O–H groups in total. The van der Waals surface area contributed by atoms with E-state index in [1.165, 1.54) is 7.11 Å². The van der Waals surface area contributed by atoms with Gasteiger partial charge < -0.3 is 10.5 Å². The van der Waals surface area contributed by atoms with E-state index in [0.717, 1.165) is 18.2 Å². The summed E-state index contributed by atoms with van der Waals surface area (Å²) in [6.07, 6.45) is 0.612. The predicted molar refractivity (Wildman–Crippen MR) is 59.0 cm³/mol. The summed E-state index contributed by atoms with van der Waals surface area (Å²) in [5, 5.41) is 0. The second kappa shape index (κ2) is 4.89. The van der Waals surface area contributed by atoms with Gasteiger partial charge in [-0.2, -0.15) is 0 Å². The van der Waals surface area contributed by atoms with Crippen LogP contribution in [0, 0.1) is 11.6 Å². The van der Waals surface area contributed by atoms with Crippen LogP contribution in [0.2, 0.25) is 0 Å². The summed E-state index contributed by atoms with van der Waals surface area (Å²) in [7, 11) is 1.51. The zero-order chi connectivity index (χ0) is 12.3. The number of hydrogen-bond acceptors (Lipinski definition) is 2. The fourth-order valence-corrected chi connectivity index (χ4v) is 1.57. The van der Waals surface area contributed by atoms with Gasteiger partial charge in [0.1, 0.15) is 11.6 Å². The van der Waals surface area contributed by atoms with E-state index >= 15 is 0 Å². The summed E-state index contributed by atoms with van der Waals surface area (Å²) >= 11 is 0. The molecule has 4 heteroatoms. The molecule has 0 aromatic heterocycles. The molecule has 0 saturated carbocycles. The normalized spacial score (nSPS) is 16.9. The smallest absolute Gasteiger partial charge is 0.128 e. The van der Waals surface area contributed by atoms with Gasteiger partial charge in [-0.15, -0.1) is 0 Å². The molecule has 2 nitrogen and oxygen atoms in total. The highest BCUT2D eigenvalue weighted by Crippen LogP contribution is 2.31. The number of halogens is 2. The molecule has 2 atom stereocenters. The lowest BCUT2D eigenvalue weighted by Gasteiger charge is -2.33. The number of nitrogens with two attached hydrogens (primary N) is 1. The molecule has 0 aliphatic rings. The molecule has 90 valence electrons. The van der Waals surface area contributed by atoms with Crippen LogP contribution in [-0.2, 0) is 4.74 Å². The van der Waals surface area contributed by atoms with Crippen LogP contribution in [0.1, 0.15) is 31.9 Å². The molecule has 0 spiro atoms. The number of hydrogen-bond donors (Lipinski definition) is 1. The Balaban J connectivity index is 3.12. The minimum atomic E-state index is -0.700. The van der Waals surface area contributed by atoms with Gasteiger partial charge in [0.05, 0.1) is 11.6 Å². The highest BCUT2D eigenvalue weighted by molar-refractivity contribution is 5.24. The van der Waals surface area contributed by atoms with Crippen LogP contribution in [0.15, 0.2) is 18.2 Å². The minimum Gasteiger partial charge on any atom is -0.377 e. The van der Waals surface area contributed by atoms with Crippen molar-refractivity contribution in [3.63, 3.8) is 0 Å². The first-order valence-corrected chi connectivity index (χ1v) is 5.20. The van der Waals surface area contributed by atoms with Crippen molar-refractivity contribution in [1.29, 1.82) is 0 Å². The summed E-state index contributed by atoms with van der Waals surface area (Å²) in [4.78, 5) is 0. The molecule has 1 rings (SSSR count). The molecule has 0 bridgehead atoms. The molecule has 0 aliphatic heterocycles. The standard InChI is InChI=1S/C12H17F2NO/c1-4-12(2,16-3)11(15)9-7-8(13)5-6-10(9)14/h5-7,11H,4,15H2,1-3H3. The Kier molecular flexibility index (Phi) is 3.99. The molecule has 0 radical (unpaired) electrons. The van der Waals surface area contributed by atoms with Crippen molar-refractivity contribution in [3.8, 4) is 0 Å². The topological polar surface area (TPSA) is 35.2 Å². The van der Waals surface area contributed by atoms with E-state index in [4.69, 9.17) is 10.5 Å². The fraction of sp³-hybridized carbons (Fsp3) is 0.500. The zero-order valence-corrected chi connectivity index (χ0v) is 9.76. The first-order chi connectivity index (χ1) is 7.44. The van der Waals surface area contributed by atoms with Crippen LogP contribution in [0.3, 0.4) is 0 Å². The molecule has 0 aliphatic carbocycles. The van der Waals surface area contributed by atoms with Crippen LogP contribution in [0.5, 0.6) is 0 Å². The van der Waals surface area contributed by atoms with Crippen LogP contribution in [-0.4, -0.2) is 12.7 Å². The largest absolute Gasteiger partial charge is 0.377 e. The average Bonchev–Trinajstić information content (AvgIpc) is 2.30. The van der Waals surface area contributed by atoms with Gasteiger partial charge >= 0.3 is 0 Å². The summed E-state index contributed by atoms with van der Waals surface area (Å²) in [5.41, 5.74) is 5.38. The average molecular weight is 229 g/mol. The fourth-order valence-electron chi connectivity index (χ4n) is 1.57. The van der Waals surface area contributed by atoms with Crippen molar-refractivity contribution >= 4 is 0 Å². The number of rotatable bonds is 4. The lowest BCUT2D eigenvalue weighted by molar-refractivity contribution is -0.0203. The van der Waals surface area contributed by atoms with Crippen molar-refractivity contribution < 1.29 is 13.5 Å². The third-order valence-electron chi connectivity index (χ3n) is 3.12. The second-order valence-electron chi connectivity index (χ2n) is 4.01. The predicted octanol–water partition coefficient (Wildman–Crippen LogP) is 2.78. The van der Waals surface area contributed by atoms with Gasteiger partial charge in [0, 0.05) is 12.7 Å². The lowest BCUT2D eigenvalue weighted by Crippen LogP contribution is -2.40. The summed E-state index contributed by atoms with van der Waals surface area (Å²) < 4.78 is 31.8. The molecule has 0 amide bonds. The number of benzene rings is 1. The van der Waals surface area contributed by atoms with E-state index in [2.05, 4.69) is 0 Å². The van der Waals surface area contributed by atoms with Crippen molar-refractivity contribution in [2.24, 2.45) is 5.73 Å². The van der Waals surface area contributed by atoms with Gasteiger partial charge in [-0.3, -0.25) is 0 Å². The molecule has 0 heterocycles. The molecular formula is C12H17F2NO. The highest BCUT2D eigenvalue weighted by Gasteiger charge is 2.32. The third kappa shape index (κ3) is 2.39. The first-order valence-electron chi connectivity index (χ1n) is 5.20. The van der Waals surface area contributed by atoms with Crippen LogP contribution < -0.4 is 5.73 Å². The minimum absolute atomic E-state index is 0.145. The van der Waals surface area contributed by atoms with E-state index in [9.17, 15) is 8.78 Å². The maximum Gasteiger partial charge on any atom is 0.128 e. The van der Waals surface area contributed by atoms with Crippen LogP contribution in [0.4, 0.5) is 8.78 Å². The summed E-state index contributed by atoms with van der Waals surface area (Å²) in [5.74, 6) is -1.01. The Hall–Kier alpha value is -1.00. The van der Waals surface area contributed by atoms with Crippen molar-refractivity contribution in [3.05, 3.63) is 35.4 Å². The second-order valence-corrected chi connectivity index (χ2v) is 4.01. The molecule has 0 fully saturated rings. The summed E-state index contributed by atoms with van der Waals surface area (Å²) in [6.45, 7) is 3.67. The maximum atomic E-state index is 13.5.